The molecule has 0 aromatic heterocycles. The molecule has 2 N–H and O–H groups in total. The van der Waals surface area contributed by atoms with Gasteiger partial charge < -0.3 is 5.73 Å². The van der Waals surface area contributed by atoms with Crippen LogP contribution >= 0.6 is 54.5 Å². The fourth-order valence-electron chi connectivity index (χ4n) is 2.64. The standard InChI is InChI=1S/C12H8BrI.C12H10BrN/c2*13-11-8-10(6-7-12(11)14)9-4-2-1-3-5-9/h1-8H;1-8H,14H2. The molecule has 4 rings (SSSR count). The van der Waals surface area contributed by atoms with Crippen LogP contribution in [0.3, 0.4) is 0 Å². The van der Waals surface area contributed by atoms with Crippen LogP contribution in [0.2, 0.25) is 0 Å². The quantitative estimate of drug-likeness (QED) is 0.180. The fourth-order valence-corrected chi connectivity index (χ4v) is 3.74. The Morgan fingerprint density at radius 1 is 0.536 bits per heavy atom. The van der Waals surface area contributed by atoms with Gasteiger partial charge in [0.1, 0.15) is 0 Å². The molecule has 4 heteroatoms. The van der Waals surface area contributed by atoms with Gasteiger partial charge in [0.2, 0.25) is 0 Å². The van der Waals surface area contributed by atoms with Crippen LogP contribution in [0, 0.1) is 3.57 Å². The molecule has 0 aliphatic heterocycles. The number of nitrogens with two attached hydrogens (primary N) is 1. The first-order valence-electron chi connectivity index (χ1n) is 8.65. The van der Waals surface area contributed by atoms with Crippen molar-refractivity contribution in [3.05, 3.63) is 110 Å². The molecular weight excluding hydrogens is 589 g/mol. The average molecular weight is 607 g/mol. The Labute approximate surface area is 196 Å². The predicted molar refractivity (Wildman–Crippen MR) is 136 cm³/mol. The van der Waals surface area contributed by atoms with Crippen LogP contribution in [0.1, 0.15) is 0 Å². The van der Waals surface area contributed by atoms with E-state index < -0.39 is 0 Å². The summed E-state index contributed by atoms with van der Waals surface area (Å²) in [5.74, 6) is 0. The molecule has 0 saturated heterocycles. The van der Waals surface area contributed by atoms with Crippen LogP contribution in [0.15, 0.2) is 106 Å². The lowest BCUT2D eigenvalue weighted by Gasteiger charge is -2.03. The minimum atomic E-state index is 0.768. The summed E-state index contributed by atoms with van der Waals surface area (Å²) in [5.41, 5.74) is 11.4. The fraction of sp³-hybridized carbons (Fsp3) is 0. The van der Waals surface area contributed by atoms with Crippen LogP contribution in [0.25, 0.3) is 22.3 Å². The summed E-state index contributed by atoms with van der Waals surface area (Å²) in [7, 11) is 0. The summed E-state index contributed by atoms with van der Waals surface area (Å²) in [4.78, 5) is 0. The number of rotatable bonds is 2. The lowest BCUT2D eigenvalue weighted by molar-refractivity contribution is 1.55. The van der Waals surface area contributed by atoms with Gasteiger partial charge in [0.15, 0.2) is 0 Å². The van der Waals surface area contributed by atoms with Gasteiger partial charge in [-0.1, -0.05) is 72.8 Å². The molecule has 0 amide bonds. The molecule has 0 aliphatic carbocycles. The van der Waals surface area contributed by atoms with Crippen molar-refractivity contribution in [1.82, 2.24) is 0 Å². The van der Waals surface area contributed by atoms with E-state index in [0.717, 1.165) is 14.6 Å². The van der Waals surface area contributed by atoms with E-state index in [1.165, 1.54) is 25.8 Å². The van der Waals surface area contributed by atoms with Gasteiger partial charge in [0.25, 0.3) is 0 Å². The van der Waals surface area contributed by atoms with Gasteiger partial charge >= 0.3 is 0 Å². The van der Waals surface area contributed by atoms with Gasteiger partial charge in [-0.3, -0.25) is 0 Å². The monoisotopic (exact) mass is 605 g/mol. The third kappa shape index (κ3) is 5.69. The molecule has 4 aromatic carbocycles. The zero-order chi connectivity index (χ0) is 19.9. The Morgan fingerprint density at radius 3 is 1.46 bits per heavy atom. The molecule has 0 radical (unpaired) electrons. The van der Waals surface area contributed by atoms with E-state index in [4.69, 9.17) is 5.73 Å². The lowest BCUT2D eigenvalue weighted by Crippen LogP contribution is -1.86. The molecule has 0 fully saturated rings. The van der Waals surface area contributed by atoms with E-state index in [2.05, 4.69) is 109 Å². The third-order valence-corrected chi connectivity index (χ3v) is 7.16. The van der Waals surface area contributed by atoms with E-state index in [9.17, 15) is 0 Å². The summed E-state index contributed by atoms with van der Waals surface area (Å²) in [5, 5.41) is 0. The molecule has 28 heavy (non-hydrogen) atoms. The number of hydrogen-bond donors (Lipinski definition) is 1. The summed E-state index contributed by atoms with van der Waals surface area (Å²) >= 11 is 9.27. The molecule has 0 heterocycles. The SMILES string of the molecule is Brc1cc(-c2ccccc2)ccc1I.Nc1ccc(-c2ccccc2)cc1Br. The van der Waals surface area contributed by atoms with E-state index in [1.54, 1.807) is 0 Å². The second-order valence-electron chi connectivity index (χ2n) is 6.10. The third-order valence-electron chi connectivity index (χ3n) is 4.13. The highest BCUT2D eigenvalue weighted by Gasteiger charge is 2.00. The molecule has 0 unspecified atom stereocenters. The number of anilines is 1. The summed E-state index contributed by atoms with van der Waals surface area (Å²) in [6.45, 7) is 0. The second-order valence-corrected chi connectivity index (χ2v) is 8.97. The Morgan fingerprint density at radius 2 is 1.00 bits per heavy atom. The van der Waals surface area contributed by atoms with Crippen molar-refractivity contribution in [3.63, 3.8) is 0 Å². The number of benzene rings is 4. The first-order chi connectivity index (χ1) is 13.5. The highest BCUT2D eigenvalue weighted by molar-refractivity contribution is 14.1. The summed E-state index contributed by atoms with van der Waals surface area (Å²) in [6, 6.07) is 33.0. The number of halogens is 3. The van der Waals surface area contributed by atoms with Crippen molar-refractivity contribution in [2.24, 2.45) is 0 Å². The molecule has 0 aliphatic rings. The molecule has 0 spiro atoms. The highest BCUT2D eigenvalue weighted by Crippen LogP contribution is 2.27. The zero-order valence-corrected chi connectivity index (χ0v) is 20.3. The Kier molecular flexibility index (Phi) is 7.71. The minimum absolute atomic E-state index is 0.768. The van der Waals surface area contributed by atoms with Gasteiger partial charge in [-0.15, -0.1) is 0 Å². The maximum Gasteiger partial charge on any atom is 0.0458 e. The average Bonchev–Trinajstić information content (AvgIpc) is 2.74. The van der Waals surface area contributed by atoms with E-state index in [-0.39, 0.29) is 0 Å². The Bertz CT molecular complexity index is 964. The first-order valence-corrected chi connectivity index (χ1v) is 11.3. The van der Waals surface area contributed by atoms with Crippen molar-refractivity contribution in [2.75, 3.05) is 5.73 Å². The van der Waals surface area contributed by atoms with Gasteiger partial charge in [0, 0.05) is 18.2 Å². The lowest BCUT2D eigenvalue weighted by atomic mass is 10.1. The van der Waals surface area contributed by atoms with Crippen molar-refractivity contribution in [2.45, 2.75) is 0 Å². The number of nitrogen functional groups attached to an aromatic ring is 1. The number of hydrogen-bond acceptors (Lipinski definition) is 1. The predicted octanol–water partition coefficient (Wildman–Crippen LogP) is 8.42. The van der Waals surface area contributed by atoms with Crippen molar-refractivity contribution >= 4 is 60.1 Å². The minimum Gasteiger partial charge on any atom is -0.398 e. The van der Waals surface area contributed by atoms with Crippen LogP contribution in [0.4, 0.5) is 5.69 Å². The van der Waals surface area contributed by atoms with E-state index in [0.29, 0.717) is 0 Å². The molecule has 140 valence electrons. The van der Waals surface area contributed by atoms with Gasteiger partial charge in [-0.2, -0.15) is 0 Å². The maximum atomic E-state index is 5.72. The summed E-state index contributed by atoms with van der Waals surface area (Å²) in [6.07, 6.45) is 0. The first kappa shape index (κ1) is 21.1. The van der Waals surface area contributed by atoms with E-state index in [1.807, 2.05) is 42.5 Å². The molecule has 1 nitrogen and oxygen atoms in total. The van der Waals surface area contributed by atoms with Gasteiger partial charge in [0.05, 0.1) is 0 Å². The van der Waals surface area contributed by atoms with E-state index >= 15 is 0 Å². The molecule has 0 saturated carbocycles. The Hall–Kier alpha value is -1.63. The highest BCUT2D eigenvalue weighted by atomic mass is 127. The van der Waals surface area contributed by atoms with Gasteiger partial charge in [-0.05, 0) is 101 Å². The zero-order valence-electron chi connectivity index (χ0n) is 14.9. The van der Waals surface area contributed by atoms with Gasteiger partial charge in [-0.25, -0.2) is 0 Å². The van der Waals surface area contributed by atoms with Crippen LogP contribution in [-0.2, 0) is 0 Å². The smallest absolute Gasteiger partial charge is 0.0458 e. The van der Waals surface area contributed by atoms with Crippen molar-refractivity contribution in [1.29, 1.82) is 0 Å². The topological polar surface area (TPSA) is 26.0 Å². The van der Waals surface area contributed by atoms with Crippen LogP contribution < -0.4 is 5.73 Å². The Balaban J connectivity index is 0.000000161. The molecule has 4 aromatic rings. The normalized spacial score (nSPS) is 10.1. The van der Waals surface area contributed by atoms with Crippen LogP contribution in [0.5, 0.6) is 0 Å². The second kappa shape index (κ2) is 10.2. The molecular formula is C24H18Br2IN. The largest absolute Gasteiger partial charge is 0.398 e. The van der Waals surface area contributed by atoms with Crippen molar-refractivity contribution in [3.8, 4) is 22.3 Å². The molecule has 0 atom stereocenters. The summed E-state index contributed by atoms with van der Waals surface area (Å²) < 4.78 is 3.33. The molecule has 0 bridgehead atoms. The van der Waals surface area contributed by atoms with Crippen LogP contribution in [-0.4, -0.2) is 0 Å². The maximum absolute atomic E-state index is 5.72. The van der Waals surface area contributed by atoms with Crippen molar-refractivity contribution < 1.29 is 0 Å².